The molecule has 2 N–H and O–H groups in total. The fraction of sp³-hybridized carbons (Fsp3) is 0.833. The van der Waals surface area contributed by atoms with Crippen molar-refractivity contribution in [3.8, 4) is 0 Å². The number of nitrogens with zero attached hydrogens (tertiary/aromatic N) is 1. The Morgan fingerprint density at radius 1 is 1.44 bits per heavy atom. The van der Waals surface area contributed by atoms with E-state index in [0.29, 0.717) is 45.7 Å². The Hall–Kier alpha value is -1.14. The second-order valence-electron chi connectivity index (χ2n) is 4.75. The van der Waals surface area contributed by atoms with Crippen molar-refractivity contribution in [2.45, 2.75) is 25.3 Å². The Morgan fingerprint density at radius 3 is 2.89 bits per heavy atom. The summed E-state index contributed by atoms with van der Waals surface area (Å²) in [4.78, 5) is 24.6. The first-order valence-electron chi connectivity index (χ1n) is 6.61. The Kier molecular flexibility index (Phi) is 4.95. The molecule has 6 nitrogen and oxygen atoms in total. The molecule has 2 saturated heterocycles. The summed E-state index contributed by atoms with van der Waals surface area (Å²) in [6.07, 6.45) is 2.03. The molecule has 1 unspecified atom stereocenters. The van der Waals surface area contributed by atoms with Crippen molar-refractivity contribution in [2.24, 2.45) is 0 Å². The zero-order valence-corrected chi connectivity index (χ0v) is 10.6. The lowest BCUT2D eigenvalue weighted by Gasteiger charge is -2.27. The van der Waals surface area contributed by atoms with Crippen LogP contribution in [0.1, 0.15) is 19.3 Å². The summed E-state index contributed by atoms with van der Waals surface area (Å²) in [5, 5.41) is 6.12. The fourth-order valence-electron chi connectivity index (χ4n) is 2.27. The minimum atomic E-state index is 0.131. The van der Waals surface area contributed by atoms with E-state index in [4.69, 9.17) is 4.74 Å². The summed E-state index contributed by atoms with van der Waals surface area (Å²) in [6.45, 7) is 4.13. The van der Waals surface area contributed by atoms with Gasteiger partial charge < -0.3 is 20.3 Å². The van der Waals surface area contributed by atoms with Crippen LogP contribution < -0.4 is 10.6 Å². The molecule has 2 aliphatic rings. The van der Waals surface area contributed by atoms with Crippen molar-refractivity contribution >= 4 is 11.8 Å². The Morgan fingerprint density at radius 2 is 2.22 bits per heavy atom. The summed E-state index contributed by atoms with van der Waals surface area (Å²) in [7, 11) is 0. The Labute approximate surface area is 107 Å². The normalized spacial score (nSPS) is 24.1. The number of carbonyl (C=O) groups excluding carboxylic acids is 2. The lowest BCUT2D eigenvalue weighted by Crippen LogP contribution is -2.42. The van der Waals surface area contributed by atoms with Gasteiger partial charge in [0.1, 0.15) is 0 Å². The third-order valence-electron chi connectivity index (χ3n) is 3.36. The SMILES string of the molecule is O=C1CCC(CNCCC(=O)N2CCOCC2)N1. The van der Waals surface area contributed by atoms with E-state index in [-0.39, 0.29) is 17.9 Å². The van der Waals surface area contributed by atoms with E-state index < -0.39 is 0 Å². The molecule has 1 atom stereocenters. The molecule has 0 radical (unpaired) electrons. The van der Waals surface area contributed by atoms with Crippen LogP contribution in [-0.2, 0) is 14.3 Å². The monoisotopic (exact) mass is 255 g/mol. The molecule has 102 valence electrons. The molecular formula is C12H21N3O3. The number of hydrogen-bond donors (Lipinski definition) is 2. The van der Waals surface area contributed by atoms with Gasteiger partial charge >= 0.3 is 0 Å². The van der Waals surface area contributed by atoms with Gasteiger partial charge in [-0.25, -0.2) is 0 Å². The van der Waals surface area contributed by atoms with E-state index in [1.54, 1.807) is 0 Å². The van der Waals surface area contributed by atoms with Crippen LogP contribution >= 0.6 is 0 Å². The summed E-state index contributed by atoms with van der Waals surface area (Å²) in [5.41, 5.74) is 0. The molecule has 0 aliphatic carbocycles. The first-order valence-corrected chi connectivity index (χ1v) is 6.61. The average Bonchev–Trinajstić information content (AvgIpc) is 2.81. The van der Waals surface area contributed by atoms with Crippen molar-refractivity contribution in [1.29, 1.82) is 0 Å². The molecule has 0 bridgehead atoms. The first-order chi connectivity index (χ1) is 8.75. The average molecular weight is 255 g/mol. The zero-order valence-electron chi connectivity index (χ0n) is 10.6. The lowest BCUT2D eigenvalue weighted by molar-refractivity contribution is -0.135. The van der Waals surface area contributed by atoms with Crippen LogP contribution in [0.3, 0.4) is 0 Å². The van der Waals surface area contributed by atoms with Crippen molar-refractivity contribution in [3.05, 3.63) is 0 Å². The van der Waals surface area contributed by atoms with E-state index in [2.05, 4.69) is 10.6 Å². The smallest absolute Gasteiger partial charge is 0.224 e. The van der Waals surface area contributed by atoms with Gasteiger partial charge in [0.2, 0.25) is 11.8 Å². The van der Waals surface area contributed by atoms with Crippen molar-refractivity contribution in [3.63, 3.8) is 0 Å². The number of nitrogens with one attached hydrogen (secondary N) is 2. The second-order valence-corrected chi connectivity index (χ2v) is 4.75. The highest BCUT2D eigenvalue weighted by molar-refractivity contribution is 5.78. The molecule has 2 aliphatic heterocycles. The third kappa shape index (κ3) is 3.96. The highest BCUT2D eigenvalue weighted by Crippen LogP contribution is 2.05. The molecule has 6 heteroatoms. The van der Waals surface area contributed by atoms with Gasteiger partial charge in [0, 0.05) is 45.1 Å². The molecule has 0 spiro atoms. The maximum Gasteiger partial charge on any atom is 0.224 e. The van der Waals surface area contributed by atoms with Gasteiger partial charge in [-0.3, -0.25) is 9.59 Å². The van der Waals surface area contributed by atoms with E-state index in [1.165, 1.54) is 0 Å². The van der Waals surface area contributed by atoms with Crippen LogP contribution in [0, 0.1) is 0 Å². The van der Waals surface area contributed by atoms with Crippen molar-refractivity contribution in [2.75, 3.05) is 39.4 Å². The van der Waals surface area contributed by atoms with E-state index in [0.717, 1.165) is 13.0 Å². The number of carbonyl (C=O) groups is 2. The van der Waals surface area contributed by atoms with Crippen LogP contribution in [-0.4, -0.2) is 62.1 Å². The predicted molar refractivity (Wildman–Crippen MR) is 66.1 cm³/mol. The fourth-order valence-corrected chi connectivity index (χ4v) is 2.27. The van der Waals surface area contributed by atoms with Crippen molar-refractivity contribution < 1.29 is 14.3 Å². The molecule has 0 aromatic heterocycles. The zero-order chi connectivity index (χ0) is 12.8. The quantitative estimate of drug-likeness (QED) is 0.625. The van der Waals surface area contributed by atoms with Crippen LogP contribution in [0.5, 0.6) is 0 Å². The largest absolute Gasteiger partial charge is 0.378 e. The Balaban J connectivity index is 1.54. The number of morpholine rings is 1. The molecular weight excluding hydrogens is 234 g/mol. The van der Waals surface area contributed by atoms with E-state index >= 15 is 0 Å². The number of ether oxygens (including phenoxy) is 1. The van der Waals surface area contributed by atoms with Crippen LogP contribution in [0.4, 0.5) is 0 Å². The van der Waals surface area contributed by atoms with Crippen molar-refractivity contribution in [1.82, 2.24) is 15.5 Å². The summed E-state index contributed by atoms with van der Waals surface area (Å²) in [6, 6.07) is 0.232. The molecule has 2 amide bonds. The molecule has 2 fully saturated rings. The predicted octanol–water partition coefficient (Wildman–Crippen LogP) is -0.896. The highest BCUT2D eigenvalue weighted by atomic mass is 16.5. The first kappa shape index (κ1) is 13.3. The number of amides is 2. The summed E-state index contributed by atoms with van der Waals surface area (Å²) in [5.74, 6) is 0.312. The molecule has 0 saturated carbocycles. The maximum atomic E-state index is 11.8. The number of rotatable bonds is 5. The summed E-state index contributed by atoms with van der Waals surface area (Å²) < 4.78 is 5.20. The topological polar surface area (TPSA) is 70.7 Å². The van der Waals surface area contributed by atoms with E-state index in [9.17, 15) is 9.59 Å². The van der Waals surface area contributed by atoms with Gasteiger partial charge in [0.15, 0.2) is 0 Å². The summed E-state index contributed by atoms with van der Waals surface area (Å²) >= 11 is 0. The van der Waals surface area contributed by atoms with Crippen LogP contribution in [0.25, 0.3) is 0 Å². The van der Waals surface area contributed by atoms with Crippen LogP contribution in [0.15, 0.2) is 0 Å². The van der Waals surface area contributed by atoms with Crippen LogP contribution in [0.2, 0.25) is 0 Å². The second kappa shape index (κ2) is 6.70. The van der Waals surface area contributed by atoms with Gasteiger partial charge in [0.05, 0.1) is 13.2 Å². The standard InChI is InChI=1S/C12H21N3O3/c16-11-2-1-10(14-11)9-13-4-3-12(17)15-5-7-18-8-6-15/h10,13H,1-9H2,(H,14,16). The third-order valence-corrected chi connectivity index (χ3v) is 3.36. The van der Waals surface area contributed by atoms with E-state index in [1.807, 2.05) is 4.90 Å². The van der Waals surface area contributed by atoms with Gasteiger partial charge in [-0.1, -0.05) is 0 Å². The number of hydrogen-bond acceptors (Lipinski definition) is 4. The maximum absolute atomic E-state index is 11.8. The highest BCUT2D eigenvalue weighted by Gasteiger charge is 2.20. The molecule has 2 heterocycles. The van der Waals surface area contributed by atoms with Gasteiger partial charge in [-0.05, 0) is 6.42 Å². The molecule has 0 aromatic carbocycles. The minimum absolute atomic E-state index is 0.131. The minimum Gasteiger partial charge on any atom is -0.378 e. The molecule has 0 aromatic rings. The van der Waals surface area contributed by atoms with Gasteiger partial charge in [-0.2, -0.15) is 0 Å². The molecule has 18 heavy (non-hydrogen) atoms. The van der Waals surface area contributed by atoms with Gasteiger partial charge in [0.25, 0.3) is 0 Å². The van der Waals surface area contributed by atoms with Gasteiger partial charge in [-0.15, -0.1) is 0 Å². The molecule has 2 rings (SSSR count). The Bertz CT molecular complexity index is 303. The lowest BCUT2D eigenvalue weighted by atomic mass is 10.2.